The van der Waals surface area contributed by atoms with Gasteiger partial charge in [-0.3, -0.25) is 14.4 Å². The molecule has 0 aliphatic rings. The largest absolute Gasteiger partial charge is 0.373 e. The topological polar surface area (TPSA) is 135 Å². The Morgan fingerprint density at radius 3 is 1.38 bits per heavy atom. The van der Waals surface area contributed by atoms with Crippen LogP contribution < -0.4 is 16.4 Å². The minimum Gasteiger partial charge on any atom is -0.330 e. The maximum Gasteiger partial charge on any atom is 0.373 e. The molecule has 0 saturated carbocycles. The number of carbonyl (C=O) groups is 3. The van der Waals surface area contributed by atoms with Crippen molar-refractivity contribution in [2.75, 3.05) is 20.6 Å². The summed E-state index contributed by atoms with van der Waals surface area (Å²) in [5.41, 5.74) is 5.10. The van der Waals surface area contributed by atoms with Crippen molar-refractivity contribution in [3.63, 3.8) is 0 Å². The molecule has 8 heteroatoms. The van der Waals surface area contributed by atoms with Crippen LogP contribution in [0.25, 0.3) is 0 Å². The number of nitrogens with two attached hydrogens (primary N) is 1. The standard InChI is InChI=1S/C9H19NO.C6H13NO.C6H12O.C4H11N.CO2/c1-5-6-8(11)7-9(2,3)10-4;1-2-3-6(8)4-5-7;1-3-5-6(7)4-2;1-4(2)5-3;2-1-3/h10H,5-7H2,1-4H3;2-5,7H2,1H3;3-5H2,1-2H3;4-5H,1-3H3;. The molecule has 4 N–H and O–H groups in total. The summed E-state index contributed by atoms with van der Waals surface area (Å²) < 4.78 is 0. The van der Waals surface area contributed by atoms with Crippen LogP contribution in [-0.4, -0.2) is 55.7 Å². The van der Waals surface area contributed by atoms with Gasteiger partial charge in [0, 0.05) is 50.1 Å². The van der Waals surface area contributed by atoms with Crippen LogP contribution in [0.2, 0.25) is 0 Å². The molecular formula is C26H55N3O5. The lowest BCUT2D eigenvalue weighted by atomic mass is 9.96. The van der Waals surface area contributed by atoms with Crippen molar-refractivity contribution in [3.05, 3.63) is 0 Å². The molecule has 0 aromatic rings. The van der Waals surface area contributed by atoms with Gasteiger partial charge in [-0.1, -0.05) is 41.5 Å². The van der Waals surface area contributed by atoms with Gasteiger partial charge in [-0.15, -0.1) is 0 Å². The van der Waals surface area contributed by atoms with E-state index in [1.807, 2.05) is 55.6 Å². The third-order valence-corrected chi connectivity index (χ3v) is 4.30. The van der Waals surface area contributed by atoms with Gasteiger partial charge in [0.1, 0.15) is 17.3 Å². The molecule has 0 atom stereocenters. The number of carbonyl (C=O) groups excluding carboxylic acids is 5. The quantitative estimate of drug-likeness (QED) is 0.349. The van der Waals surface area contributed by atoms with Crippen LogP contribution in [-0.2, 0) is 24.0 Å². The number of hydrogen-bond acceptors (Lipinski definition) is 8. The highest BCUT2D eigenvalue weighted by atomic mass is 16.2. The van der Waals surface area contributed by atoms with Crippen molar-refractivity contribution < 1.29 is 24.0 Å². The van der Waals surface area contributed by atoms with Crippen LogP contribution >= 0.6 is 0 Å². The molecule has 0 bridgehead atoms. The van der Waals surface area contributed by atoms with Gasteiger partial charge in [0.2, 0.25) is 0 Å². The normalized spacial score (nSPS) is 9.41. The van der Waals surface area contributed by atoms with Crippen molar-refractivity contribution in [1.82, 2.24) is 10.6 Å². The van der Waals surface area contributed by atoms with E-state index < -0.39 is 0 Å². The highest BCUT2D eigenvalue weighted by Crippen LogP contribution is 2.09. The third kappa shape index (κ3) is 52.3. The van der Waals surface area contributed by atoms with Gasteiger partial charge in [0.25, 0.3) is 0 Å². The molecule has 0 fully saturated rings. The van der Waals surface area contributed by atoms with Crippen LogP contribution in [0.3, 0.4) is 0 Å². The Balaban J connectivity index is -0.000000109. The van der Waals surface area contributed by atoms with E-state index in [2.05, 4.69) is 24.5 Å². The zero-order chi connectivity index (χ0) is 28.0. The van der Waals surface area contributed by atoms with Crippen molar-refractivity contribution in [3.8, 4) is 0 Å². The first kappa shape index (κ1) is 42.4. The van der Waals surface area contributed by atoms with E-state index in [1.165, 1.54) is 0 Å². The van der Waals surface area contributed by atoms with Gasteiger partial charge in [0.05, 0.1) is 0 Å². The minimum absolute atomic E-state index is 0.0355. The van der Waals surface area contributed by atoms with E-state index in [0.29, 0.717) is 56.3 Å². The van der Waals surface area contributed by atoms with Gasteiger partial charge in [-0.2, -0.15) is 9.59 Å². The molecule has 0 aromatic heterocycles. The molecule has 0 aliphatic carbocycles. The van der Waals surface area contributed by atoms with Gasteiger partial charge in [0.15, 0.2) is 0 Å². The smallest absolute Gasteiger partial charge is 0.330 e. The molecule has 34 heavy (non-hydrogen) atoms. The first-order valence-corrected chi connectivity index (χ1v) is 12.4. The molecule has 0 heterocycles. The number of nitrogens with one attached hydrogen (secondary N) is 2. The van der Waals surface area contributed by atoms with Gasteiger partial charge in [-0.25, -0.2) is 0 Å². The second-order valence-electron chi connectivity index (χ2n) is 8.60. The summed E-state index contributed by atoms with van der Waals surface area (Å²) in [5, 5.41) is 6.14. The lowest BCUT2D eigenvalue weighted by Crippen LogP contribution is -2.38. The summed E-state index contributed by atoms with van der Waals surface area (Å²) in [6.07, 6.45) is 7.20. The lowest BCUT2D eigenvalue weighted by molar-refractivity contribution is -0.191. The third-order valence-electron chi connectivity index (χ3n) is 4.30. The Hall–Kier alpha value is -1.73. The van der Waals surface area contributed by atoms with Crippen molar-refractivity contribution in [2.45, 2.75) is 125 Å². The van der Waals surface area contributed by atoms with Crippen molar-refractivity contribution >= 4 is 23.5 Å². The summed E-state index contributed by atoms with van der Waals surface area (Å²) in [6, 6.07) is 0.634. The van der Waals surface area contributed by atoms with Crippen molar-refractivity contribution in [1.29, 1.82) is 0 Å². The summed E-state index contributed by atoms with van der Waals surface area (Å²) >= 11 is 0. The fourth-order valence-corrected chi connectivity index (χ4v) is 1.97. The van der Waals surface area contributed by atoms with E-state index in [4.69, 9.17) is 15.3 Å². The molecule has 0 saturated heterocycles. The molecule has 8 nitrogen and oxygen atoms in total. The van der Waals surface area contributed by atoms with Crippen molar-refractivity contribution in [2.24, 2.45) is 5.73 Å². The van der Waals surface area contributed by atoms with Crippen LogP contribution in [0.1, 0.15) is 113 Å². The summed E-state index contributed by atoms with van der Waals surface area (Å²) in [7, 11) is 3.84. The van der Waals surface area contributed by atoms with Gasteiger partial charge in [-0.05, 0) is 53.8 Å². The Morgan fingerprint density at radius 2 is 1.15 bits per heavy atom. The predicted molar refractivity (Wildman–Crippen MR) is 141 cm³/mol. The molecule has 0 rings (SSSR count). The van der Waals surface area contributed by atoms with Gasteiger partial charge < -0.3 is 16.4 Å². The Kier molecular flexibility index (Phi) is 41.7. The number of Topliss-reactive ketones (excluding diaryl/α,β-unsaturated/α-hetero) is 3. The Labute approximate surface area is 209 Å². The molecule has 204 valence electrons. The van der Waals surface area contributed by atoms with E-state index in [1.54, 1.807) is 0 Å². The summed E-state index contributed by atoms with van der Waals surface area (Å²) in [5.74, 6) is 1.02. The van der Waals surface area contributed by atoms with Crippen LogP contribution in [0.5, 0.6) is 0 Å². The number of ketones is 3. The SMILES string of the molecule is CCCC(=O)CC.CCCC(=O)CC(C)(C)NC.CCCC(=O)CCN.CNC(C)C.O=C=O. The molecule has 0 unspecified atom stereocenters. The van der Waals surface area contributed by atoms with E-state index in [-0.39, 0.29) is 17.5 Å². The molecule has 0 aromatic carbocycles. The van der Waals surface area contributed by atoms with Crippen LogP contribution in [0.15, 0.2) is 0 Å². The Bertz CT molecular complexity index is 493. The zero-order valence-electron chi connectivity index (χ0n) is 23.8. The highest BCUT2D eigenvalue weighted by Gasteiger charge is 2.18. The second-order valence-corrected chi connectivity index (χ2v) is 8.60. The van der Waals surface area contributed by atoms with Crippen LogP contribution in [0, 0.1) is 0 Å². The van der Waals surface area contributed by atoms with Crippen LogP contribution in [0.4, 0.5) is 0 Å². The van der Waals surface area contributed by atoms with E-state index in [9.17, 15) is 14.4 Å². The minimum atomic E-state index is -0.0355. The average molecular weight is 490 g/mol. The van der Waals surface area contributed by atoms with Gasteiger partial charge >= 0.3 is 6.15 Å². The van der Waals surface area contributed by atoms with E-state index >= 15 is 0 Å². The maximum atomic E-state index is 11.2. The predicted octanol–water partition coefficient (Wildman–Crippen LogP) is 4.24. The second kappa shape index (κ2) is 33.4. The summed E-state index contributed by atoms with van der Waals surface area (Å²) in [4.78, 5) is 48.4. The number of rotatable bonds is 13. The fraction of sp³-hybridized carbons (Fsp3) is 0.846. The van der Waals surface area contributed by atoms with E-state index in [0.717, 1.165) is 25.7 Å². The highest BCUT2D eigenvalue weighted by molar-refractivity contribution is 5.79. The molecule has 0 radical (unpaired) electrons. The lowest BCUT2D eigenvalue weighted by Gasteiger charge is -2.22. The first-order valence-electron chi connectivity index (χ1n) is 12.4. The Morgan fingerprint density at radius 1 is 0.794 bits per heavy atom. The monoisotopic (exact) mass is 489 g/mol. The average Bonchev–Trinajstić information content (AvgIpc) is 2.76. The fourth-order valence-electron chi connectivity index (χ4n) is 1.97. The molecular weight excluding hydrogens is 434 g/mol. The molecule has 0 aliphatic heterocycles. The molecule has 0 amide bonds. The maximum absolute atomic E-state index is 11.2. The summed E-state index contributed by atoms with van der Waals surface area (Å²) in [6.45, 7) is 16.8. The zero-order valence-corrected chi connectivity index (χ0v) is 23.8. The first-order chi connectivity index (χ1) is 15.8. The molecule has 0 spiro atoms. The number of hydrogen-bond donors (Lipinski definition) is 3.